The summed E-state index contributed by atoms with van der Waals surface area (Å²) in [4.78, 5) is 17.5. The molecule has 1 amide bonds. The number of hydrogen-bond acceptors (Lipinski definition) is 3. The second-order valence-electron chi connectivity index (χ2n) is 4.28. The van der Waals surface area contributed by atoms with Crippen molar-refractivity contribution in [3.63, 3.8) is 0 Å². The Labute approximate surface area is 144 Å². The fourth-order valence-corrected chi connectivity index (χ4v) is 4.09. The minimum absolute atomic E-state index is 0.261. The summed E-state index contributed by atoms with van der Waals surface area (Å²) in [5.41, 5.74) is 0.704. The molecule has 0 N–H and O–H groups in total. The summed E-state index contributed by atoms with van der Waals surface area (Å²) in [6.45, 7) is 0.261. The van der Waals surface area contributed by atoms with Gasteiger partial charge in [-0.3, -0.25) is 4.79 Å². The number of hydrogen-bond donors (Lipinski definition) is 0. The highest BCUT2D eigenvalue weighted by Gasteiger charge is 2.13. The average Bonchev–Trinajstić information content (AvgIpc) is 3.13. The van der Waals surface area contributed by atoms with Crippen LogP contribution in [0.1, 0.15) is 9.67 Å². The van der Waals surface area contributed by atoms with Crippen LogP contribution < -0.4 is 4.80 Å². The van der Waals surface area contributed by atoms with Gasteiger partial charge in [-0.1, -0.05) is 46.5 Å². The molecule has 2 heterocycles. The number of nitrogens with zero attached hydrogens (tertiary/aromatic N) is 2. The van der Waals surface area contributed by atoms with Gasteiger partial charge in [0, 0.05) is 0 Å². The second kappa shape index (κ2) is 6.27. The fourth-order valence-electron chi connectivity index (χ4n) is 1.97. The van der Waals surface area contributed by atoms with Crippen LogP contribution in [-0.2, 0) is 6.54 Å². The first-order chi connectivity index (χ1) is 10.6. The van der Waals surface area contributed by atoms with Gasteiger partial charge in [0.25, 0.3) is 5.91 Å². The highest BCUT2D eigenvalue weighted by molar-refractivity contribution is 7.16. The van der Waals surface area contributed by atoms with Gasteiger partial charge >= 0.3 is 0 Å². The Morgan fingerprint density at radius 2 is 2.18 bits per heavy atom. The molecule has 0 aliphatic rings. The topological polar surface area (TPSA) is 34.4 Å². The largest absolute Gasteiger partial charge is 0.303 e. The number of fused-ring (bicyclic) bond motifs is 1. The highest BCUT2D eigenvalue weighted by Crippen LogP contribution is 2.32. The lowest BCUT2D eigenvalue weighted by Gasteiger charge is -2.03. The molecule has 3 aromatic rings. The van der Waals surface area contributed by atoms with Gasteiger partial charge < -0.3 is 4.57 Å². The maximum Gasteiger partial charge on any atom is 0.289 e. The molecule has 0 aliphatic heterocycles. The number of aromatic nitrogens is 1. The van der Waals surface area contributed by atoms with Crippen LogP contribution in [-0.4, -0.2) is 10.5 Å². The zero-order chi connectivity index (χ0) is 15.7. The molecule has 1 aromatic carbocycles. The molecule has 22 heavy (non-hydrogen) atoms. The monoisotopic (exact) mass is 366 g/mol. The molecule has 7 heteroatoms. The number of thiazole rings is 1. The van der Waals surface area contributed by atoms with E-state index in [1.165, 1.54) is 22.7 Å². The predicted molar refractivity (Wildman–Crippen MR) is 92.9 cm³/mol. The van der Waals surface area contributed by atoms with E-state index in [4.69, 9.17) is 29.6 Å². The van der Waals surface area contributed by atoms with Crippen LogP contribution >= 0.6 is 45.9 Å². The minimum Gasteiger partial charge on any atom is -0.303 e. The van der Waals surface area contributed by atoms with E-state index in [2.05, 4.69) is 10.9 Å². The van der Waals surface area contributed by atoms with Gasteiger partial charge in [-0.25, -0.2) is 0 Å². The Bertz CT molecular complexity index is 962. The average molecular weight is 367 g/mol. The number of halogens is 2. The standard InChI is InChI=1S/C15H8Cl2N2OS2/c1-2-7-19-13-10(6-5-9(16)12(13)17)22-15(19)18-14(20)11-4-3-8-21-11/h1,3-6,8H,7H2. The van der Waals surface area contributed by atoms with Crippen LogP contribution in [0.5, 0.6) is 0 Å². The third-order valence-electron chi connectivity index (χ3n) is 2.91. The molecule has 0 saturated heterocycles. The minimum atomic E-state index is -0.297. The lowest BCUT2D eigenvalue weighted by molar-refractivity contribution is 0.100. The van der Waals surface area contributed by atoms with Crippen molar-refractivity contribution in [1.82, 2.24) is 4.57 Å². The van der Waals surface area contributed by atoms with E-state index in [1.807, 2.05) is 17.5 Å². The molecule has 0 unspecified atom stereocenters. The van der Waals surface area contributed by atoms with E-state index in [1.54, 1.807) is 16.7 Å². The van der Waals surface area contributed by atoms with Gasteiger partial charge in [0.2, 0.25) is 0 Å². The van der Waals surface area contributed by atoms with Gasteiger partial charge in [0.05, 0.1) is 31.7 Å². The van der Waals surface area contributed by atoms with Gasteiger partial charge in [-0.05, 0) is 23.6 Å². The molecule has 0 radical (unpaired) electrons. The van der Waals surface area contributed by atoms with Crippen molar-refractivity contribution >= 4 is 62.0 Å². The number of carbonyl (C=O) groups is 1. The van der Waals surface area contributed by atoms with E-state index < -0.39 is 0 Å². The molecular formula is C15H8Cl2N2OS2. The normalized spacial score (nSPS) is 11.8. The molecule has 2 aromatic heterocycles. The Kier molecular flexibility index (Phi) is 4.37. The summed E-state index contributed by atoms with van der Waals surface area (Å²) in [6, 6.07) is 7.10. The second-order valence-corrected chi connectivity index (χ2v) is 7.02. The third-order valence-corrected chi connectivity index (χ3v) is 5.61. The van der Waals surface area contributed by atoms with Crippen LogP contribution in [0, 0.1) is 12.3 Å². The van der Waals surface area contributed by atoms with Crippen molar-refractivity contribution < 1.29 is 4.79 Å². The maximum absolute atomic E-state index is 12.2. The summed E-state index contributed by atoms with van der Waals surface area (Å²) in [7, 11) is 0. The first kappa shape index (κ1) is 15.3. The quantitative estimate of drug-likeness (QED) is 0.617. The van der Waals surface area contributed by atoms with E-state index in [9.17, 15) is 4.79 Å². The molecule has 0 bridgehead atoms. The van der Waals surface area contributed by atoms with Crippen molar-refractivity contribution in [2.75, 3.05) is 0 Å². The van der Waals surface area contributed by atoms with Crippen molar-refractivity contribution in [3.05, 3.63) is 49.4 Å². The van der Waals surface area contributed by atoms with Gasteiger partial charge in [-0.15, -0.1) is 17.8 Å². The summed E-state index contributed by atoms with van der Waals surface area (Å²) in [6.07, 6.45) is 5.43. The smallest absolute Gasteiger partial charge is 0.289 e. The number of rotatable bonds is 2. The molecule has 110 valence electrons. The van der Waals surface area contributed by atoms with Crippen LogP contribution in [0.15, 0.2) is 34.6 Å². The van der Waals surface area contributed by atoms with Crippen LogP contribution in [0.4, 0.5) is 0 Å². The zero-order valence-corrected chi connectivity index (χ0v) is 14.2. The zero-order valence-electron chi connectivity index (χ0n) is 11.0. The summed E-state index contributed by atoms with van der Waals surface area (Å²) in [5, 5.41) is 2.68. The van der Waals surface area contributed by atoms with Gasteiger partial charge in [-0.2, -0.15) is 4.99 Å². The van der Waals surface area contributed by atoms with Crippen molar-refractivity contribution in [3.8, 4) is 12.3 Å². The fraction of sp³-hybridized carbons (Fsp3) is 0.0667. The molecule has 3 rings (SSSR count). The number of benzene rings is 1. The number of carbonyl (C=O) groups excluding carboxylic acids is 1. The van der Waals surface area contributed by atoms with Crippen molar-refractivity contribution in [2.45, 2.75) is 6.54 Å². The van der Waals surface area contributed by atoms with Crippen LogP contribution in [0.25, 0.3) is 10.2 Å². The first-order valence-electron chi connectivity index (χ1n) is 6.15. The Morgan fingerprint density at radius 1 is 1.36 bits per heavy atom. The first-order valence-corrected chi connectivity index (χ1v) is 8.60. The lowest BCUT2D eigenvalue weighted by Crippen LogP contribution is -2.16. The van der Waals surface area contributed by atoms with Crippen LogP contribution in [0.3, 0.4) is 0 Å². The number of thiophene rings is 1. The lowest BCUT2D eigenvalue weighted by atomic mass is 10.3. The maximum atomic E-state index is 12.2. The van der Waals surface area contributed by atoms with E-state index >= 15 is 0 Å². The van der Waals surface area contributed by atoms with Crippen molar-refractivity contribution in [2.24, 2.45) is 4.99 Å². The van der Waals surface area contributed by atoms with E-state index in [-0.39, 0.29) is 12.5 Å². The number of amides is 1. The Morgan fingerprint density at radius 3 is 2.86 bits per heavy atom. The summed E-state index contributed by atoms with van der Waals surface area (Å²) < 4.78 is 2.61. The molecule has 3 nitrogen and oxygen atoms in total. The Balaban J connectivity index is 2.26. The SMILES string of the molecule is C#CCn1c(=NC(=O)c2cccs2)sc2ccc(Cl)c(Cl)c21. The molecular weight excluding hydrogens is 359 g/mol. The molecule has 0 spiro atoms. The predicted octanol–water partition coefficient (Wildman–Crippen LogP) is 4.45. The van der Waals surface area contributed by atoms with Crippen LogP contribution in [0.2, 0.25) is 10.0 Å². The summed E-state index contributed by atoms with van der Waals surface area (Å²) >= 11 is 15.0. The summed E-state index contributed by atoms with van der Waals surface area (Å²) in [5.74, 6) is 2.26. The van der Waals surface area contributed by atoms with Crippen molar-refractivity contribution in [1.29, 1.82) is 0 Å². The molecule has 0 fully saturated rings. The van der Waals surface area contributed by atoms with E-state index in [0.29, 0.717) is 25.2 Å². The van der Waals surface area contributed by atoms with Gasteiger partial charge in [0.15, 0.2) is 4.80 Å². The highest BCUT2D eigenvalue weighted by atomic mass is 35.5. The van der Waals surface area contributed by atoms with Gasteiger partial charge in [0.1, 0.15) is 0 Å². The molecule has 0 aliphatic carbocycles. The third kappa shape index (κ3) is 2.71. The Hall–Kier alpha value is -1.58. The van der Waals surface area contributed by atoms with E-state index in [0.717, 1.165) is 4.70 Å². The number of terminal acetylenes is 1. The molecule has 0 saturated carbocycles. The molecule has 0 atom stereocenters.